The molecule has 2 heterocycles. The van der Waals surface area contributed by atoms with Crippen LogP contribution in [0.15, 0.2) is 6.33 Å². The third-order valence-corrected chi connectivity index (χ3v) is 1.58. The van der Waals surface area contributed by atoms with E-state index in [-0.39, 0.29) is 0 Å². The van der Waals surface area contributed by atoms with E-state index in [0.29, 0.717) is 5.95 Å². The van der Waals surface area contributed by atoms with E-state index in [1.165, 1.54) is 11.0 Å². The van der Waals surface area contributed by atoms with Crippen LogP contribution in [-0.2, 0) is 0 Å². The fourth-order valence-electron chi connectivity index (χ4n) is 0.799. The number of anilines is 1. The van der Waals surface area contributed by atoms with Gasteiger partial charge in [-0.15, -0.1) is 14.9 Å². The van der Waals surface area contributed by atoms with E-state index in [1.807, 2.05) is 5.21 Å². The SMILES string of the molecule is Nc1[nH]nc[n+]1N.O=C([O-])c1n[nH]nc1C(=O)O. The zero-order valence-electron chi connectivity index (χ0n) is 8.69. The molecule has 0 amide bonds. The average molecular weight is 256 g/mol. The molecular weight excluding hydrogens is 248 g/mol. The van der Waals surface area contributed by atoms with Gasteiger partial charge in [0.05, 0.1) is 5.97 Å². The van der Waals surface area contributed by atoms with Crippen LogP contribution in [0.5, 0.6) is 0 Å². The van der Waals surface area contributed by atoms with Gasteiger partial charge in [-0.1, -0.05) is 0 Å². The van der Waals surface area contributed by atoms with Gasteiger partial charge in [-0.2, -0.15) is 10.3 Å². The Bertz CT molecular complexity index is 514. The van der Waals surface area contributed by atoms with E-state index in [1.54, 1.807) is 0 Å². The van der Waals surface area contributed by atoms with Gasteiger partial charge >= 0.3 is 11.9 Å². The van der Waals surface area contributed by atoms with Crippen LogP contribution in [-0.4, -0.2) is 42.7 Å². The summed E-state index contributed by atoms with van der Waals surface area (Å²) < 4.78 is 1.19. The van der Waals surface area contributed by atoms with E-state index < -0.39 is 23.3 Å². The number of aromatic nitrogens is 6. The van der Waals surface area contributed by atoms with Crippen molar-refractivity contribution < 1.29 is 24.5 Å². The number of H-pyrrole nitrogens is 2. The van der Waals surface area contributed by atoms with Crippen molar-refractivity contribution in [1.82, 2.24) is 25.6 Å². The quantitative estimate of drug-likeness (QED) is 0.261. The summed E-state index contributed by atoms with van der Waals surface area (Å²) in [6.45, 7) is 0. The summed E-state index contributed by atoms with van der Waals surface area (Å²) in [5.41, 5.74) is 3.81. The zero-order chi connectivity index (χ0) is 13.7. The second kappa shape index (κ2) is 5.24. The molecule has 2 aromatic rings. The van der Waals surface area contributed by atoms with Crippen molar-refractivity contribution in [3.05, 3.63) is 17.7 Å². The van der Waals surface area contributed by atoms with E-state index in [4.69, 9.17) is 16.7 Å². The lowest BCUT2D eigenvalue weighted by Gasteiger charge is -1.94. The molecule has 0 saturated heterocycles. The Labute approximate surface area is 98.2 Å². The summed E-state index contributed by atoms with van der Waals surface area (Å²) in [6.07, 6.45) is 1.38. The first kappa shape index (κ1) is 12.9. The number of carboxylic acid groups (broad SMARTS) is 2. The molecule has 12 heteroatoms. The van der Waals surface area contributed by atoms with Gasteiger partial charge in [0.25, 0.3) is 6.33 Å². The van der Waals surface area contributed by atoms with Gasteiger partial charge in [0, 0.05) is 0 Å². The van der Waals surface area contributed by atoms with Crippen LogP contribution >= 0.6 is 0 Å². The molecule has 18 heavy (non-hydrogen) atoms. The van der Waals surface area contributed by atoms with Gasteiger partial charge < -0.3 is 20.7 Å². The molecule has 2 rings (SSSR count). The first-order valence-electron chi connectivity index (χ1n) is 4.24. The maximum absolute atomic E-state index is 10.2. The average Bonchev–Trinajstić information content (AvgIpc) is 2.89. The highest BCUT2D eigenvalue weighted by molar-refractivity contribution is 5.97. The van der Waals surface area contributed by atoms with Gasteiger partial charge in [-0.3, -0.25) is 5.84 Å². The molecule has 0 aliphatic heterocycles. The Morgan fingerprint density at radius 1 is 1.39 bits per heavy atom. The highest BCUT2D eigenvalue weighted by Crippen LogP contribution is 1.97. The van der Waals surface area contributed by atoms with Gasteiger partial charge in [-0.05, 0) is 5.10 Å². The Balaban J connectivity index is 0.000000199. The normalized spacial score (nSPS) is 9.33. The number of nitrogen functional groups attached to an aromatic ring is 2. The third-order valence-electron chi connectivity index (χ3n) is 1.58. The van der Waals surface area contributed by atoms with Crippen LogP contribution < -0.4 is 21.4 Å². The molecule has 7 N–H and O–H groups in total. The summed E-state index contributed by atoms with van der Waals surface area (Å²) in [7, 11) is 0. The van der Waals surface area contributed by atoms with Gasteiger partial charge in [0.15, 0.2) is 5.69 Å². The molecule has 96 valence electrons. The van der Waals surface area contributed by atoms with Crippen molar-refractivity contribution in [2.75, 3.05) is 11.6 Å². The van der Waals surface area contributed by atoms with Crippen molar-refractivity contribution in [1.29, 1.82) is 0 Å². The molecule has 0 bridgehead atoms. The minimum atomic E-state index is -1.67. The maximum Gasteiger partial charge on any atom is 0.360 e. The van der Waals surface area contributed by atoms with Gasteiger partial charge in [0.1, 0.15) is 5.69 Å². The summed E-state index contributed by atoms with van der Waals surface area (Å²) in [5, 5.41) is 32.3. The van der Waals surface area contributed by atoms with Gasteiger partial charge in [0.2, 0.25) is 0 Å². The summed E-state index contributed by atoms with van der Waals surface area (Å²) in [6, 6.07) is 0. The lowest BCUT2D eigenvalue weighted by atomic mass is 10.3. The number of aromatic amines is 2. The maximum atomic E-state index is 10.2. The predicted octanol–water partition coefficient (Wildman–Crippen LogP) is -4.14. The summed E-state index contributed by atoms with van der Waals surface area (Å²) >= 11 is 0. The molecule has 0 unspecified atom stereocenters. The van der Waals surface area contributed by atoms with Crippen molar-refractivity contribution in [3.63, 3.8) is 0 Å². The Kier molecular flexibility index (Phi) is 3.75. The fourth-order valence-corrected chi connectivity index (χ4v) is 0.799. The van der Waals surface area contributed by atoms with E-state index >= 15 is 0 Å². The van der Waals surface area contributed by atoms with E-state index in [0.717, 1.165) is 0 Å². The fraction of sp³-hybridized carbons (Fsp3) is 0. The van der Waals surface area contributed by atoms with Gasteiger partial charge in [-0.25, -0.2) is 4.79 Å². The molecular formula is C6H8N8O4. The number of nitrogens with two attached hydrogens (primary N) is 2. The van der Waals surface area contributed by atoms with Crippen LogP contribution in [0.25, 0.3) is 0 Å². The largest absolute Gasteiger partial charge is 0.543 e. The lowest BCUT2D eigenvalue weighted by Crippen LogP contribution is -2.44. The monoisotopic (exact) mass is 256 g/mol. The molecule has 0 aliphatic rings. The molecule has 0 atom stereocenters. The molecule has 0 fully saturated rings. The minimum absolute atomic E-state index is 0.347. The first-order chi connectivity index (χ1) is 8.43. The highest BCUT2D eigenvalue weighted by atomic mass is 16.4. The van der Waals surface area contributed by atoms with Crippen molar-refractivity contribution in [3.8, 4) is 0 Å². The molecule has 0 aromatic carbocycles. The summed E-state index contributed by atoms with van der Waals surface area (Å²) in [5.74, 6) is 2.35. The molecule has 0 radical (unpaired) electrons. The predicted molar refractivity (Wildman–Crippen MR) is 51.0 cm³/mol. The topological polar surface area (TPSA) is 204 Å². The smallest absolute Gasteiger partial charge is 0.360 e. The third kappa shape index (κ3) is 2.91. The number of aromatic carboxylic acids is 2. The molecule has 2 aromatic heterocycles. The zero-order valence-corrected chi connectivity index (χ0v) is 8.69. The Hall–Kier alpha value is -3.18. The number of rotatable bonds is 2. The number of nitrogens with zero attached hydrogens (tertiary/aromatic N) is 4. The number of hydrogen-bond acceptors (Lipinski definition) is 8. The highest BCUT2D eigenvalue weighted by Gasteiger charge is 2.14. The standard InChI is InChI=1S/C4H3N3O4.C2H5N5/c8-3(9)1-2(4(10)11)6-7-5-1;3-2-6-5-1-7(2)4/h(H,8,9)(H,10,11)(H,5,6,7);1H,4H2,(H2,3,6). The number of nitrogens with one attached hydrogen (secondary N) is 2. The van der Waals surface area contributed by atoms with Crippen molar-refractivity contribution in [2.24, 2.45) is 0 Å². The molecule has 0 saturated carbocycles. The number of carbonyl (C=O) groups excluding carboxylic acids is 1. The van der Waals surface area contributed by atoms with Crippen molar-refractivity contribution >= 4 is 17.9 Å². The van der Waals surface area contributed by atoms with Crippen LogP contribution in [0.3, 0.4) is 0 Å². The lowest BCUT2D eigenvalue weighted by molar-refractivity contribution is -0.623. The van der Waals surface area contributed by atoms with Crippen LogP contribution in [0.1, 0.15) is 21.0 Å². The van der Waals surface area contributed by atoms with E-state index in [2.05, 4.69) is 20.4 Å². The van der Waals surface area contributed by atoms with Crippen LogP contribution in [0.4, 0.5) is 5.95 Å². The first-order valence-corrected chi connectivity index (χ1v) is 4.24. The van der Waals surface area contributed by atoms with Crippen molar-refractivity contribution in [2.45, 2.75) is 0 Å². The number of carbonyl (C=O) groups is 2. The van der Waals surface area contributed by atoms with Crippen LogP contribution in [0, 0.1) is 0 Å². The number of carboxylic acids is 2. The molecule has 0 spiro atoms. The number of hydrogen-bond donors (Lipinski definition) is 5. The molecule has 0 aliphatic carbocycles. The second-order valence-corrected chi connectivity index (χ2v) is 2.76. The minimum Gasteiger partial charge on any atom is -0.543 e. The second-order valence-electron chi connectivity index (χ2n) is 2.76. The van der Waals surface area contributed by atoms with E-state index in [9.17, 15) is 14.7 Å². The summed E-state index contributed by atoms with van der Waals surface area (Å²) in [4.78, 5) is 20.3. The van der Waals surface area contributed by atoms with Crippen LogP contribution in [0.2, 0.25) is 0 Å². The Morgan fingerprint density at radius 2 is 2.00 bits per heavy atom. The molecule has 12 nitrogen and oxygen atoms in total. The Morgan fingerprint density at radius 3 is 2.28 bits per heavy atom.